The quantitative estimate of drug-likeness (QED) is 0.831. The number of nitrogens with one attached hydrogen (secondary N) is 1. The van der Waals surface area contributed by atoms with Gasteiger partial charge in [0.15, 0.2) is 0 Å². The van der Waals surface area contributed by atoms with Crippen LogP contribution in [0.4, 0.5) is 0 Å². The molecule has 23 heavy (non-hydrogen) atoms. The summed E-state index contributed by atoms with van der Waals surface area (Å²) in [6.07, 6.45) is 1.57. The number of aryl methyl sites for hydroxylation is 4. The molecule has 0 aliphatic rings. The van der Waals surface area contributed by atoms with Crippen LogP contribution >= 0.6 is 0 Å². The Morgan fingerprint density at radius 2 is 1.96 bits per heavy atom. The van der Waals surface area contributed by atoms with E-state index in [-0.39, 0.29) is 10.8 Å². The fourth-order valence-electron chi connectivity index (χ4n) is 2.47. The smallest absolute Gasteiger partial charge is 0.243 e. The molecule has 0 aromatic carbocycles. The molecule has 1 atom stereocenters. The lowest BCUT2D eigenvalue weighted by Gasteiger charge is -2.14. The Hall–Kier alpha value is -1.67. The molecule has 0 bridgehead atoms. The van der Waals surface area contributed by atoms with E-state index in [1.807, 2.05) is 38.4 Å². The third-order valence-electron chi connectivity index (χ3n) is 3.72. The summed E-state index contributed by atoms with van der Waals surface area (Å²) >= 11 is 0. The average molecular weight is 339 g/mol. The molecule has 0 radical (unpaired) electrons. The van der Waals surface area contributed by atoms with Gasteiger partial charge in [0.2, 0.25) is 10.0 Å². The Morgan fingerprint density at radius 1 is 1.26 bits per heavy atom. The lowest BCUT2D eigenvalue weighted by atomic mass is 10.2. The molecule has 2 aromatic rings. The zero-order valence-corrected chi connectivity index (χ0v) is 15.2. The van der Waals surface area contributed by atoms with Crippen LogP contribution in [0.15, 0.2) is 17.2 Å². The van der Waals surface area contributed by atoms with Crippen LogP contribution < -0.4 is 4.72 Å². The Kier molecular flexibility index (Phi) is 5.26. The Balaban J connectivity index is 2.01. The van der Waals surface area contributed by atoms with Crippen molar-refractivity contribution < 1.29 is 8.42 Å². The van der Waals surface area contributed by atoms with Crippen molar-refractivity contribution in [3.05, 3.63) is 29.3 Å². The minimum atomic E-state index is -3.54. The Bertz CT molecular complexity index is 776. The predicted molar refractivity (Wildman–Crippen MR) is 88.7 cm³/mol. The highest BCUT2D eigenvalue weighted by molar-refractivity contribution is 7.89. The van der Waals surface area contributed by atoms with Gasteiger partial charge in [0.25, 0.3) is 0 Å². The highest BCUT2D eigenvalue weighted by atomic mass is 32.2. The number of rotatable bonds is 7. The lowest BCUT2D eigenvalue weighted by molar-refractivity contribution is 0.436. The van der Waals surface area contributed by atoms with Crippen molar-refractivity contribution in [3.8, 4) is 0 Å². The summed E-state index contributed by atoms with van der Waals surface area (Å²) in [7, 11) is -3.54. The van der Waals surface area contributed by atoms with Crippen LogP contribution in [0.1, 0.15) is 30.9 Å². The van der Waals surface area contributed by atoms with E-state index in [1.54, 1.807) is 17.8 Å². The van der Waals surface area contributed by atoms with Crippen molar-refractivity contribution in [1.82, 2.24) is 24.3 Å². The number of hydrogen-bond acceptors (Lipinski definition) is 4. The van der Waals surface area contributed by atoms with Crippen molar-refractivity contribution in [2.24, 2.45) is 5.92 Å². The van der Waals surface area contributed by atoms with Gasteiger partial charge in [-0.25, -0.2) is 13.1 Å². The Labute approximate surface area is 137 Å². The first-order chi connectivity index (χ1) is 10.7. The first kappa shape index (κ1) is 17.7. The second-order valence-corrected chi connectivity index (χ2v) is 7.74. The first-order valence-electron chi connectivity index (χ1n) is 7.77. The highest BCUT2D eigenvalue weighted by Gasteiger charge is 2.21. The third kappa shape index (κ3) is 4.20. The normalized spacial score (nSPS) is 13.4. The molecule has 2 aromatic heterocycles. The van der Waals surface area contributed by atoms with Gasteiger partial charge in [-0.05, 0) is 39.7 Å². The molecule has 0 saturated carbocycles. The van der Waals surface area contributed by atoms with E-state index in [9.17, 15) is 8.42 Å². The van der Waals surface area contributed by atoms with Crippen LogP contribution in [0, 0.1) is 26.7 Å². The van der Waals surface area contributed by atoms with E-state index in [4.69, 9.17) is 0 Å². The van der Waals surface area contributed by atoms with Gasteiger partial charge in [-0.1, -0.05) is 6.92 Å². The molecule has 0 saturated heterocycles. The minimum Gasteiger partial charge on any atom is -0.271 e. The summed E-state index contributed by atoms with van der Waals surface area (Å²) in [5.74, 6) is 0.129. The van der Waals surface area contributed by atoms with Crippen molar-refractivity contribution in [3.63, 3.8) is 0 Å². The minimum absolute atomic E-state index is 0.129. The zero-order chi connectivity index (χ0) is 17.2. The molecule has 8 heteroatoms. The molecule has 0 aliphatic heterocycles. The molecular formula is C15H25N5O2S. The van der Waals surface area contributed by atoms with Gasteiger partial charge < -0.3 is 0 Å². The van der Waals surface area contributed by atoms with E-state index in [0.717, 1.165) is 11.4 Å². The molecule has 128 valence electrons. The van der Waals surface area contributed by atoms with E-state index < -0.39 is 10.0 Å². The largest absolute Gasteiger partial charge is 0.271 e. The number of sulfonamides is 1. The summed E-state index contributed by atoms with van der Waals surface area (Å²) in [5, 5.41) is 8.60. The molecule has 1 unspecified atom stereocenters. The molecule has 7 nitrogen and oxygen atoms in total. The summed E-state index contributed by atoms with van der Waals surface area (Å²) < 4.78 is 31.1. The van der Waals surface area contributed by atoms with Crippen LogP contribution in [0.3, 0.4) is 0 Å². The molecule has 2 heterocycles. The lowest BCUT2D eigenvalue weighted by Crippen LogP contribution is -2.30. The SMILES string of the molecule is CCn1cc(S(=O)(=O)NCC(C)Cn2nc(C)cc2C)c(C)n1. The van der Waals surface area contributed by atoms with Crippen molar-refractivity contribution >= 4 is 10.0 Å². The van der Waals surface area contributed by atoms with Gasteiger partial charge in [-0.15, -0.1) is 0 Å². The topological polar surface area (TPSA) is 81.8 Å². The van der Waals surface area contributed by atoms with E-state index in [0.29, 0.717) is 25.3 Å². The summed E-state index contributed by atoms with van der Waals surface area (Å²) in [6, 6.07) is 2.01. The van der Waals surface area contributed by atoms with E-state index >= 15 is 0 Å². The number of nitrogens with zero attached hydrogens (tertiary/aromatic N) is 4. The standard InChI is InChI=1S/C15H25N5O2S/c1-6-19-10-15(14(5)18-19)23(21,22)16-8-11(2)9-20-13(4)7-12(3)17-20/h7,10-11,16H,6,8-9H2,1-5H3. The van der Waals surface area contributed by atoms with Gasteiger partial charge in [0, 0.05) is 31.5 Å². The van der Waals surface area contributed by atoms with Gasteiger partial charge in [-0.3, -0.25) is 9.36 Å². The van der Waals surface area contributed by atoms with Gasteiger partial charge >= 0.3 is 0 Å². The van der Waals surface area contributed by atoms with Crippen LogP contribution in [0.5, 0.6) is 0 Å². The zero-order valence-electron chi connectivity index (χ0n) is 14.4. The molecule has 0 fully saturated rings. The predicted octanol–water partition coefficient (Wildman–Crippen LogP) is 1.64. The second kappa shape index (κ2) is 6.84. The summed E-state index contributed by atoms with van der Waals surface area (Å²) in [4.78, 5) is 0.248. The summed E-state index contributed by atoms with van der Waals surface area (Å²) in [5.41, 5.74) is 2.57. The van der Waals surface area contributed by atoms with Crippen molar-refractivity contribution in [2.45, 2.75) is 52.6 Å². The molecule has 0 aliphatic carbocycles. The monoisotopic (exact) mass is 339 g/mol. The molecule has 0 amide bonds. The second-order valence-electron chi connectivity index (χ2n) is 6.00. The fourth-order valence-corrected chi connectivity index (χ4v) is 3.82. The van der Waals surface area contributed by atoms with Crippen LogP contribution in [-0.4, -0.2) is 34.5 Å². The summed E-state index contributed by atoms with van der Waals surface area (Å²) in [6.45, 7) is 11.3. The fraction of sp³-hybridized carbons (Fsp3) is 0.600. The molecule has 0 spiro atoms. The van der Waals surface area contributed by atoms with Crippen LogP contribution in [0.2, 0.25) is 0 Å². The highest BCUT2D eigenvalue weighted by Crippen LogP contribution is 2.14. The van der Waals surface area contributed by atoms with Gasteiger partial charge in [-0.2, -0.15) is 10.2 Å². The van der Waals surface area contributed by atoms with Crippen LogP contribution in [-0.2, 0) is 23.1 Å². The van der Waals surface area contributed by atoms with E-state index in [2.05, 4.69) is 14.9 Å². The van der Waals surface area contributed by atoms with E-state index in [1.165, 1.54) is 0 Å². The third-order valence-corrected chi connectivity index (χ3v) is 5.25. The van der Waals surface area contributed by atoms with Crippen LogP contribution in [0.25, 0.3) is 0 Å². The van der Waals surface area contributed by atoms with Crippen molar-refractivity contribution in [1.29, 1.82) is 0 Å². The average Bonchev–Trinajstić information content (AvgIpc) is 3.00. The molecule has 2 rings (SSSR count). The number of aromatic nitrogens is 4. The first-order valence-corrected chi connectivity index (χ1v) is 9.26. The van der Waals surface area contributed by atoms with Crippen molar-refractivity contribution in [2.75, 3.05) is 6.54 Å². The molecular weight excluding hydrogens is 314 g/mol. The maximum atomic E-state index is 12.4. The Morgan fingerprint density at radius 3 is 2.48 bits per heavy atom. The van der Waals surface area contributed by atoms with Gasteiger partial charge in [0.05, 0.1) is 11.4 Å². The maximum Gasteiger partial charge on any atom is 0.243 e. The maximum absolute atomic E-state index is 12.4. The number of hydrogen-bond donors (Lipinski definition) is 1. The molecule has 1 N–H and O–H groups in total. The van der Waals surface area contributed by atoms with Gasteiger partial charge in [0.1, 0.15) is 4.90 Å².